The molecule has 2 heterocycles. The number of rotatable bonds is 7. The Hall–Kier alpha value is -3.61. The minimum Gasteiger partial charge on any atom is -0.351 e. The quantitative estimate of drug-likeness (QED) is 0.258. The van der Waals surface area contributed by atoms with E-state index in [1.807, 2.05) is 6.19 Å². The number of hydrogen-bond acceptors (Lipinski definition) is 5. The fraction of sp³-hybridized carbons (Fsp3) is 0.481. The Morgan fingerprint density at radius 2 is 1.63 bits per heavy atom. The van der Waals surface area contributed by atoms with Crippen LogP contribution in [0, 0.1) is 17.3 Å². The van der Waals surface area contributed by atoms with Crippen LogP contribution in [0.3, 0.4) is 0 Å². The number of anilines is 1. The van der Waals surface area contributed by atoms with E-state index in [-0.39, 0.29) is 37.0 Å². The topological polar surface area (TPSA) is 89.3 Å². The number of hydrogen-bond donors (Lipinski definition) is 1. The second kappa shape index (κ2) is 9.70. The molecule has 2 aromatic rings. The molecule has 2 saturated carbocycles. The first kappa shape index (κ1) is 30.8. The zero-order valence-corrected chi connectivity index (χ0v) is 23.3. The maximum absolute atomic E-state index is 14.4. The molecular formula is C27H27F8N5O2S. The van der Waals surface area contributed by atoms with Crippen LogP contribution in [0.2, 0.25) is 0 Å². The summed E-state index contributed by atoms with van der Waals surface area (Å²) in [6.07, 6.45) is 4.39. The van der Waals surface area contributed by atoms with Crippen molar-refractivity contribution in [3.8, 4) is 6.19 Å². The van der Waals surface area contributed by atoms with Crippen molar-refractivity contribution >= 4 is 27.7 Å². The Bertz CT molecular complexity index is 1470. The smallest absolute Gasteiger partial charge is 0.310 e. The largest absolute Gasteiger partial charge is 0.351 e. The monoisotopic (exact) mass is 637 g/mol. The van der Waals surface area contributed by atoms with E-state index in [1.165, 1.54) is 4.90 Å². The van der Waals surface area contributed by atoms with Gasteiger partial charge in [-0.15, -0.1) is 0 Å². The molecule has 16 heteroatoms. The van der Waals surface area contributed by atoms with Crippen molar-refractivity contribution in [3.63, 3.8) is 0 Å². The lowest BCUT2D eigenvalue weighted by Gasteiger charge is -2.41. The highest BCUT2D eigenvalue weighted by molar-refractivity contribution is 8.45. The second-order valence-electron chi connectivity index (χ2n) is 11.4. The molecule has 7 nitrogen and oxygen atoms in total. The summed E-state index contributed by atoms with van der Waals surface area (Å²) >= 11 is 0. The molecule has 3 fully saturated rings. The summed E-state index contributed by atoms with van der Waals surface area (Å²) in [5.41, 5.74) is -1.20. The van der Waals surface area contributed by atoms with Gasteiger partial charge in [0.25, 0.3) is 5.91 Å². The van der Waals surface area contributed by atoms with Gasteiger partial charge in [-0.3, -0.25) is 24.4 Å². The molecule has 43 heavy (non-hydrogen) atoms. The molecule has 1 aromatic heterocycles. The minimum absolute atomic E-state index is 0.0816. The summed E-state index contributed by atoms with van der Waals surface area (Å²) in [6, 6.07) is -1.50. The Kier molecular flexibility index (Phi) is 6.95. The molecule has 234 valence electrons. The number of carbonyl (C=O) groups excluding carboxylic acids is 2. The number of halogens is 8. The summed E-state index contributed by atoms with van der Waals surface area (Å²) in [6.45, 7) is 0. The van der Waals surface area contributed by atoms with Gasteiger partial charge in [-0.1, -0.05) is 19.4 Å². The number of benzene rings is 1. The van der Waals surface area contributed by atoms with Gasteiger partial charge in [-0.25, -0.2) is 13.2 Å². The first-order valence-electron chi connectivity index (χ1n) is 13.5. The van der Waals surface area contributed by atoms with E-state index in [9.17, 15) is 47.5 Å². The minimum atomic E-state index is -10.1. The van der Waals surface area contributed by atoms with E-state index in [0.717, 1.165) is 23.4 Å². The van der Waals surface area contributed by atoms with Gasteiger partial charge in [0.15, 0.2) is 6.19 Å². The highest BCUT2D eigenvalue weighted by Crippen LogP contribution is 3.02. The van der Waals surface area contributed by atoms with Gasteiger partial charge in [0.1, 0.15) is 22.8 Å². The van der Waals surface area contributed by atoms with Crippen LogP contribution in [0.4, 0.5) is 38.3 Å². The van der Waals surface area contributed by atoms with Crippen molar-refractivity contribution in [2.45, 2.75) is 85.8 Å². The Labute approximate surface area is 241 Å². The third-order valence-corrected chi connectivity index (χ3v) is 9.50. The summed E-state index contributed by atoms with van der Waals surface area (Å²) in [4.78, 5) is 31.5. The normalized spacial score (nSPS) is 23.5. The Balaban J connectivity index is 1.59. The van der Waals surface area contributed by atoms with Gasteiger partial charge in [0.05, 0.1) is 11.7 Å². The third-order valence-electron chi connectivity index (χ3n) is 8.34. The maximum Gasteiger partial charge on any atom is 0.310 e. The molecule has 1 aromatic carbocycles. The van der Waals surface area contributed by atoms with E-state index in [1.54, 1.807) is 0 Å². The van der Waals surface area contributed by atoms with Crippen LogP contribution in [-0.4, -0.2) is 45.2 Å². The SMILES string of the molecule is N#CN1C(C(=O)N(c2ccc(S(F)(F)(F)(F)F)cc2)C(C(=O)NC2CCC(F)(F)CC2)c2cncc(F)c2)CCC12CC2. The van der Waals surface area contributed by atoms with Gasteiger partial charge in [0, 0.05) is 36.3 Å². The molecule has 2 atom stereocenters. The fourth-order valence-corrected chi connectivity index (χ4v) is 6.57. The lowest BCUT2D eigenvalue weighted by Crippen LogP contribution is -2.53. The van der Waals surface area contributed by atoms with Gasteiger partial charge in [-0.05, 0) is 68.9 Å². The predicted octanol–water partition coefficient (Wildman–Crippen LogP) is 7.12. The molecule has 2 amide bonds. The molecule has 0 radical (unpaired) electrons. The highest BCUT2D eigenvalue weighted by atomic mass is 32.5. The molecular weight excluding hydrogens is 610 g/mol. The van der Waals surface area contributed by atoms with Crippen LogP contribution in [0.5, 0.6) is 0 Å². The number of amides is 2. The van der Waals surface area contributed by atoms with Crippen molar-refractivity contribution in [2.75, 3.05) is 4.90 Å². The fourth-order valence-electron chi connectivity index (χ4n) is 5.92. The Morgan fingerprint density at radius 3 is 2.16 bits per heavy atom. The molecule has 1 saturated heterocycles. The van der Waals surface area contributed by atoms with Crippen LogP contribution in [0.15, 0.2) is 47.6 Å². The number of alkyl halides is 2. The lowest BCUT2D eigenvalue weighted by atomic mass is 9.91. The maximum atomic E-state index is 14.4. The highest BCUT2D eigenvalue weighted by Gasteiger charge is 2.65. The van der Waals surface area contributed by atoms with E-state index in [0.29, 0.717) is 31.4 Å². The zero-order chi connectivity index (χ0) is 31.5. The van der Waals surface area contributed by atoms with Gasteiger partial charge in [0.2, 0.25) is 11.8 Å². The van der Waals surface area contributed by atoms with E-state index >= 15 is 0 Å². The number of carbonyl (C=O) groups is 2. The standard InChI is InChI=1S/C27H27F8N5O2S/c28-18-13-17(14-37-15-18)23(24(41)38-19-5-9-27(29,30)10-6-19)40(20-1-3-21(4-2-20)43(31,32,33,34)35)25(42)22-7-8-26(11-12-26)39(22)16-36/h1-4,13-15,19,22-23H,5-12H2,(H,38,41). The molecule has 5 rings (SSSR count). The number of nitrogens with one attached hydrogen (secondary N) is 1. The van der Waals surface area contributed by atoms with E-state index < -0.39 is 80.9 Å². The number of aromatic nitrogens is 1. The van der Waals surface area contributed by atoms with Crippen molar-refractivity contribution in [3.05, 3.63) is 54.1 Å². The number of pyridine rings is 1. The van der Waals surface area contributed by atoms with Crippen LogP contribution in [0.25, 0.3) is 0 Å². The molecule has 2 unspecified atom stereocenters. The average Bonchev–Trinajstić information content (AvgIpc) is 3.59. The van der Waals surface area contributed by atoms with Gasteiger partial charge >= 0.3 is 10.2 Å². The second-order valence-corrected chi connectivity index (χ2v) is 13.8. The van der Waals surface area contributed by atoms with E-state index in [2.05, 4.69) is 10.3 Å². The molecule has 1 aliphatic heterocycles. The lowest BCUT2D eigenvalue weighted by molar-refractivity contribution is -0.129. The summed E-state index contributed by atoms with van der Waals surface area (Å²) in [7, 11) is -10.1. The summed E-state index contributed by atoms with van der Waals surface area (Å²) in [5, 5.41) is 12.4. The molecule has 1 spiro atoms. The van der Waals surface area contributed by atoms with Crippen LogP contribution in [0.1, 0.15) is 63.0 Å². The molecule has 3 aliphatic rings. The zero-order valence-electron chi connectivity index (χ0n) is 22.5. The first-order valence-corrected chi connectivity index (χ1v) is 15.4. The average molecular weight is 638 g/mol. The summed E-state index contributed by atoms with van der Waals surface area (Å²) < 4.78 is 109. The van der Waals surface area contributed by atoms with Crippen molar-refractivity contribution in [1.82, 2.24) is 15.2 Å². The number of likely N-dealkylation sites (tertiary alicyclic amines) is 1. The molecule has 0 bridgehead atoms. The Morgan fingerprint density at radius 1 is 1.00 bits per heavy atom. The first-order chi connectivity index (χ1) is 19.8. The number of nitriles is 1. The van der Waals surface area contributed by atoms with Gasteiger partial charge < -0.3 is 5.32 Å². The third kappa shape index (κ3) is 6.36. The van der Waals surface area contributed by atoms with Crippen molar-refractivity contribution in [1.29, 1.82) is 5.26 Å². The van der Waals surface area contributed by atoms with Crippen LogP contribution in [-0.2, 0) is 9.59 Å². The van der Waals surface area contributed by atoms with Gasteiger partial charge in [-0.2, -0.15) is 5.26 Å². The van der Waals surface area contributed by atoms with Crippen LogP contribution < -0.4 is 10.2 Å². The van der Waals surface area contributed by atoms with Crippen LogP contribution >= 0.6 is 10.2 Å². The number of nitrogens with zero attached hydrogens (tertiary/aromatic N) is 4. The van der Waals surface area contributed by atoms with E-state index in [4.69, 9.17) is 0 Å². The van der Waals surface area contributed by atoms with Crippen molar-refractivity contribution in [2.24, 2.45) is 0 Å². The molecule has 1 N–H and O–H groups in total. The molecule has 2 aliphatic carbocycles. The van der Waals surface area contributed by atoms with Crippen molar-refractivity contribution < 1.29 is 42.2 Å². The predicted molar refractivity (Wildman–Crippen MR) is 140 cm³/mol. The summed E-state index contributed by atoms with van der Waals surface area (Å²) in [5.74, 6) is -5.74.